The van der Waals surface area contributed by atoms with Crippen LogP contribution in [-0.2, 0) is 16.6 Å². The van der Waals surface area contributed by atoms with Gasteiger partial charge >= 0.3 is 0 Å². The van der Waals surface area contributed by atoms with Gasteiger partial charge < -0.3 is 10.3 Å². The molecule has 1 aromatic rings. The van der Waals surface area contributed by atoms with Gasteiger partial charge in [-0.05, 0) is 31.4 Å². The molecule has 6 heteroatoms. The summed E-state index contributed by atoms with van der Waals surface area (Å²) in [5.74, 6) is 0.499. The van der Waals surface area contributed by atoms with E-state index in [1.165, 1.54) is 19.3 Å². The van der Waals surface area contributed by atoms with E-state index in [-0.39, 0.29) is 0 Å². The molecular formula is C14H25N3O2S. The Balaban J connectivity index is 1.90. The Labute approximate surface area is 121 Å². The summed E-state index contributed by atoms with van der Waals surface area (Å²) in [7, 11) is -3.37. The van der Waals surface area contributed by atoms with E-state index < -0.39 is 10.0 Å². The van der Waals surface area contributed by atoms with E-state index in [0.29, 0.717) is 23.9 Å². The molecule has 0 aliphatic heterocycles. The Morgan fingerprint density at radius 1 is 1.30 bits per heavy atom. The highest BCUT2D eigenvalue weighted by Crippen LogP contribution is 2.23. The zero-order chi connectivity index (χ0) is 14.4. The number of hydrogen-bond acceptors (Lipinski definition) is 3. The van der Waals surface area contributed by atoms with Gasteiger partial charge in [0.05, 0.1) is 4.90 Å². The van der Waals surface area contributed by atoms with Gasteiger partial charge in [0.2, 0.25) is 10.0 Å². The summed E-state index contributed by atoms with van der Waals surface area (Å²) in [4.78, 5) is 3.34. The Hall–Kier alpha value is -0.850. The lowest BCUT2D eigenvalue weighted by atomic mass is 9.90. The van der Waals surface area contributed by atoms with Crippen LogP contribution in [0.15, 0.2) is 17.2 Å². The second-order valence-corrected chi connectivity index (χ2v) is 7.26. The normalized spacial score (nSPS) is 17.4. The highest BCUT2D eigenvalue weighted by Gasteiger charge is 2.19. The number of aromatic amines is 1. The first kappa shape index (κ1) is 15.5. The molecule has 0 bridgehead atoms. The molecule has 20 heavy (non-hydrogen) atoms. The molecule has 0 amide bonds. The third-order valence-corrected chi connectivity index (χ3v) is 5.28. The summed E-state index contributed by atoms with van der Waals surface area (Å²) in [5.41, 5.74) is 0.893. The molecule has 0 radical (unpaired) electrons. The lowest BCUT2D eigenvalue weighted by molar-refractivity contribution is 0.357. The third kappa shape index (κ3) is 4.33. The lowest BCUT2D eigenvalue weighted by Crippen LogP contribution is -2.30. The summed E-state index contributed by atoms with van der Waals surface area (Å²) >= 11 is 0. The van der Waals surface area contributed by atoms with Gasteiger partial charge in [0.25, 0.3) is 0 Å². The minimum atomic E-state index is -3.37. The van der Waals surface area contributed by atoms with E-state index in [4.69, 9.17) is 0 Å². The Kier molecular flexibility index (Phi) is 5.63. The molecular weight excluding hydrogens is 274 g/mol. The van der Waals surface area contributed by atoms with Crippen molar-refractivity contribution in [1.29, 1.82) is 0 Å². The van der Waals surface area contributed by atoms with E-state index in [0.717, 1.165) is 25.1 Å². The summed E-state index contributed by atoms with van der Waals surface area (Å²) < 4.78 is 27.2. The predicted octanol–water partition coefficient (Wildman–Crippen LogP) is 1.98. The molecule has 2 rings (SSSR count). The van der Waals surface area contributed by atoms with Gasteiger partial charge in [-0.15, -0.1) is 0 Å². The number of nitrogens with one attached hydrogen (secondary N) is 3. The average Bonchev–Trinajstić information content (AvgIpc) is 2.94. The average molecular weight is 299 g/mol. The summed E-state index contributed by atoms with van der Waals surface area (Å²) in [5, 5.41) is 3.17. The highest BCUT2D eigenvalue weighted by atomic mass is 32.2. The van der Waals surface area contributed by atoms with Gasteiger partial charge in [-0.2, -0.15) is 0 Å². The summed E-state index contributed by atoms with van der Waals surface area (Å²) in [6.07, 6.45) is 7.58. The maximum Gasteiger partial charge on any atom is 0.242 e. The molecule has 1 heterocycles. The van der Waals surface area contributed by atoms with Crippen molar-refractivity contribution in [3.63, 3.8) is 0 Å². The Morgan fingerprint density at radius 3 is 2.75 bits per heavy atom. The van der Waals surface area contributed by atoms with E-state index in [1.54, 1.807) is 12.3 Å². The first-order chi connectivity index (χ1) is 9.62. The summed E-state index contributed by atoms with van der Waals surface area (Å²) in [6.45, 7) is 4.11. The van der Waals surface area contributed by atoms with E-state index >= 15 is 0 Å². The van der Waals surface area contributed by atoms with Crippen LogP contribution in [-0.4, -0.2) is 26.5 Å². The first-order valence-corrected chi connectivity index (χ1v) is 8.98. The fourth-order valence-electron chi connectivity index (χ4n) is 2.64. The fraction of sp³-hybridized carbons (Fsp3) is 0.714. The fourth-order valence-corrected chi connectivity index (χ4v) is 3.77. The van der Waals surface area contributed by atoms with Gasteiger partial charge in [0.1, 0.15) is 0 Å². The SMILES string of the molecule is CCNCc1cc(S(=O)(=O)NCC2CCCCC2)c[nH]1. The van der Waals surface area contributed by atoms with Gasteiger partial charge in [-0.1, -0.05) is 26.2 Å². The van der Waals surface area contributed by atoms with Gasteiger partial charge in [-0.3, -0.25) is 0 Å². The Morgan fingerprint density at radius 2 is 2.05 bits per heavy atom. The first-order valence-electron chi connectivity index (χ1n) is 7.49. The molecule has 0 aromatic carbocycles. The van der Waals surface area contributed by atoms with Crippen molar-refractivity contribution in [2.24, 2.45) is 5.92 Å². The predicted molar refractivity (Wildman–Crippen MR) is 79.9 cm³/mol. The smallest absolute Gasteiger partial charge is 0.242 e. The maximum atomic E-state index is 12.2. The molecule has 0 unspecified atom stereocenters. The minimum absolute atomic E-state index is 0.334. The van der Waals surface area contributed by atoms with Crippen LogP contribution in [0, 0.1) is 5.92 Å². The number of hydrogen-bond donors (Lipinski definition) is 3. The number of sulfonamides is 1. The molecule has 0 atom stereocenters. The van der Waals surface area contributed by atoms with Crippen LogP contribution in [0.25, 0.3) is 0 Å². The molecule has 114 valence electrons. The van der Waals surface area contributed by atoms with Crippen molar-refractivity contribution < 1.29 is 8.42 Å². The highest BCUT2D eigenvalue weighted by molar-refractivity contribution is 7.89. The molecule has 1 saturated carbocycles. The van der Waals surface area contributed by atoms with Gasteiger partial charge in [-0.25, -0.2) is 13.1 Å². The standard InChI is InChI=1S/C14H25N3O2S/c1-2-15-10-13-8-14(11-16-13)20(18,19)17-9-12-6-4-3-5-7-12/h8,11-12,15-17H,2-7,9-10H2,1H3. The molecule has 0 saturated heterocycles. The van der Waals surface area contributed by atoms with Crippen molar-refractivity contribution in [2.45, 2.75) is 50.5 Å². The van der Waals surface area contributed by atoms with Crippen LogP contribution in [0.5, 0.6) is 0 Å². The molecule has 1 aliphatic rings. The molecule has 1 aromatic heterocycles. The summed E-state index contributed by atoms with van der Waals surface area (Å²) in [6, 6.07) is 1.70. The van der Waals surface area contributed by atoms with E-state index in [9.17, 15) is 8.42 Å². The number of aromatic nitrogens is 1. The lowest BCUT2D eigenvalue weighted by Gasteiger charge is -2.21. The zero-order valence-corrected chi connectivity index (χ0v) is 12.9. The quantitative estimate of drug-likeness (QED) is 0.721. The van der Waals surface area contributed by atoms with Crippen LogP contribution >= 0.6 is 0 Å². The van der Waals surface area contributed by atoms with Crippen LogP contribution in [0.4, 0.5) is 0 Å². The molecule has 3 N–H and O–H groups in total. The van der Waals surface area contributed by atoms with Crippen molar-refractivity contribution >= 4 is 10.0 Å². The topological polar surface area (TPSA) is 74.0 Å². The maximum absolute atomic E-state index is 12.2. The molecule has 5 nitrogen and oxygen atoms in total. The molecule has 1 fully saturated rings. The second-order valence-electron chi connectivity index (χ2n) is 5.50. The van der Waals surface area contributed by atoms with E-state index in [2.05, 4.69) is 15.0 Å². The van der Waals surface area contributed by atoms with E-state index in [1.807, 2.05) is 6.92 Å². The second kappa shape index (κ2) is 7.24. The van der Waals surface area contributed by atoms with Crippen molar-refractivity contribution in [3.05, 3.63) is 18.0 Å². The molecule has 1 aliphatic carbocycles. The van der Waals surface area contributed by atoms with Gasteiger partial charge in [0.15, 0.2) is 0 Å². The monoisotopic (exact) mass is 299 g/mol. The van der Waals surface area contributed by atoms with Crippen molar-refractivity contribution in [3.8, 4) is 0 Å². The zero-order valence-electron chi connectivity index (χ0n) is 12.1. The van der Waals surface area contributed by atoms with Gasteiger partial charge in [0, 0.05) is 25.0 Å². The number of H-pyrrole nitrogens is 1. The Bertz CT molecular complexity index is 504. The van der Waals surface area contributed by atoms with Crippen LogP contribution in [0.3, 0.4) is 0 Å². The third-order valence-electron chi connectivity index (χ3n) is 3.88. The molecule has 0 spiro atoms. The van der Waals surface area contributed by atoms with Crippen molar-refractivity contribution in [2.75, 3.05) is 13.1 Å². The van der Waals surface area contributed by atoms with Crippen molar-refractivity contribution in [1.82, 2.24) is 15.0 Å². The van der Waals surface area contributed by atoms with Crippen LogP contribution in [0.1, 0.15) is 44.7 Å². The minimum Gasteiger partial charge on any atom is -0.363 e. The number of rotatable bonds is 7. The largest absolute Gasteiger partial charge is 0.363 e. The van der Waals surface area contributed by atoms with Crippen LogP contribution < -0.4 is 10.0 Å². The van der Waals surface area contributed by atoms with Crippen LogP contribution in [0.2, 0.25) is 0 Å².